The lowest BCUT2D eigenvalue weighted by atomic mass is 9.92. The van der Waals surface area contributed by atoms with Crippen LogP contribution in [-0.2, 0) is 0 Å². The van der Waals surface area contributed by atoms with Gasteiger partial charge in [-0.2, -0.15) is 0 Å². The molecule has 1 atom stereocenters. The first kappa shape index (κ1) is 12.0. The van der Waals surface area contributed by atoms with Crippen LogP contribution in [0.3, 0.4) is 0 Å². The summed E-state index contributed by atoms with van der Waals surface area (Å²) in [5.74, 6) is 0.766. The highest BCUT2D eigenvalue weighted by Gasteiger charge is 2.17. The molecule has 1 N–H and O–H groups in total. The molecule has 1 nitrogen and oxygen atoms in total. The van der Waals surface area contributed by atoms with E-state index < -0.39 is 5.60 Å². The Morgan fingerprint density at radius 2 is 1.83 bits per heavy atom. The molecule has 0 spiro atoms. The van der Waals surface area contributed by atoms with Gasteiger partial charge < -0.3 is 5.11 Å². The van der Waals surface area contributed by atoms with Gasteiger partial charge in [-0.15, -0.1) is 0 Å². The molecule has 0 aliphatic carbocycles. The van der Waals surface area contributed by atoms with Crippen LogP contribution in [0.1, 0.15) is 59.8 Å². The van der Waals surface area contributed by atoms with E-state index in [1.807, 2.05) is 6.92 Å². The third kappa shape index (κ3) is 6.66. The highest BCUT2D eigenvalue weighted by molar-refractivity contribution is 4.71. The molecule has 0 fully saturated rings. The summed E-state index contributed by atoms with van der Waals surface area (Å²) in [6, 6.07) is 0. The van der Waals surface area contributed by atoms with Gasteiger partial charge in [-0.05, 0) is 25.7 Å². The Labute approximate surface area is 77.2 Å². The second kappa shape index (κ2) is 5.58. The van der Waals surface area contributed by atoms with Gasteiger partial charge in [0.25, 0.3) is 0 Å². The van der Waals surface area contributed by atoms with Crippen molar-refractivity contribution < 1.29 is 5.11 Å². The monoisotopic (exact) mass is 172 g/mol. The van der Waals surface area contributed by atoms with Gasteiger partial charge in [-0.1, -0.05) is 40.0 Å². The molecule has 74 valence electrons. The Hall–Kier alpha value is -0.0400. The molecule has 1 unspecified atom stereocenters. The van der Waals surface area contributed by atoms with E-state index in [2.05, 4.69) is 20.8 Å². The maximum atomic E-state index is 9.83. The first-order chi connectivity index (χ1) is 5.48. The van der Waals surface area contributed by atoms with Crippen molar-refractivity contribution in [1.29, 1.82) is 0 Å². The largest absolute Gasteiger partial charge is 0.390 e. The number of rotatable bonds is 6. The zero-order valence-electron chi connectivity index (χ0n) is 9.06. The van der Waals surface area contributed by atoms with Crippen LogP contribution in [0.4, 0.5) is 0 Å². The molecule has 0 aliphatic heterocycles. The van der Waals surface area contributed by atoms with Crippen LogP contribution in [0.5, 0.6) is 0 Å². The Morgan fingerprint density at radius 1 is 1.25 bits per heavy atom. The molecular weight excluding hydrogens is 148 g/mol. The molecule has 0 aromatic heterocycles. The van der Waals surface area contributed by atoms with Gasteiger partial charge >= 0.3 is 0 Å². The highest BCUT2D eigenvalue weighted by atomic mass is 16.3. The summed E-state index contributed by atoms with van der Waals surface area (Å²) >= 11 is 0. The van der Waals surface area contributed by atoms with Crippen LogP contribution >= 0.6 is 0 Å². The molecule has 0 rings (SSSR count). The van der Waals surface area contributed by atoms with Crippen molar-refractivity contribution in [2.45, 2.75) is 65.4 Å². The van der Waals surface area contributed by atoms with Crippen molar-refractivity contribution in [3.8, 4) is 0 Å². The van der Waals surface area contributed by atoms with E-state index in [1.165, 1.54) is 6.42 Å². The molecule has 0 heterocycles. The van der Waals surface area contributed by atoms with Gasteiger partial charge in [-0.3, -0.25) is 0 Å². The maximum absolute atomic E-state index is 9.83. The second-order valence-corrected chi connectivity index (χ2v) is 4.53. The van der Waals surface area contributed by atoms with E-state index in [4.69, 9.17) is 0 Å². The van der Waals surface area contributed by atoms with Crippen molar-refractivity contribution in [2.24, 2.45) is 5.92 Å². The summed E-state index contributed by atoms with van der Waals surface area (Å²) in [7, 11) is 0. The Morgan fingerprint density at radius 3 is 2.25 bits per heavy atom. The third-order valence-corrected chi connectivity index (χ3v) is 2.29. The summed E-state index contributed by atoms with van der Waals surface area (Å²) in [5.41, 5.74) is -0.413. The molecule has 1 heteroatoms. The zero-order valence-corrected chi connectivity index (χ0v) is 9.06. The molecule has 0 aliphatic rings. The number of hydrogen-bond acceptors (Lipinski definition) is 1. The first-order valence-corrected chi connectivity index (χ1v) is 5.20. The van der Waals surface area contributed by atoms with Crippen LogP contribution < -0.4 is 0 Å². The van der Waals surface area contributed by atoms with Gasteiger partial charge in [0.15, 0.2) is 0 Å². The van der Waals surface area contributed by atoms with Crippen molar-refractivity contribution in [1.82, 2.24) is 0 Å². The lowest BCUT2D eigenvalue weighted by Gasteiger charge is -2.22. The van der Waals surface area contributed by atoms with Gasteiger partial charge in [0.1, 0.15) is 0 Å². The fraction of sp³-hybridized carbons (Fsp3) is 1.00. The first-order valence-electron chi connectivity index (χ1n) is 5.20. The Bertz CT molecular complexity index is 106. The van der Waals surface area contributed by atoms with Gasteiger partial charge in [-0.25, -0.2) is 0 Å². The van der Waals surface area contributed by atoms with Crippen molar-refractivity contribution in [3.63, 3.8) is 0 Å². The maximum Gasteiger partial charge on any atom is 0.0619 e. The summed E-state index contributed by atoms with van der Waals surface area (Å²) in [6.45, 7) is 8.54. The summed E-state index contributed by atoms with van der Waals surface area (Å²) in [5, 5.41) is 9.83. The molecule has 0 amide bonds. The third-order valence-electron chi connectivity index (χ3n) is 2.29. The average Bonchev–Trinajstić information content (AvgIpc) is 1.85. The number of aliphatic hydroxyl groups is 1. The quantitative estimate of drug-likeness (QED) is 0.651. The Kier molecular flexibility index (Phi) is 5.56. The molecular formula is C11H24O. The zero-order chi connectivity index (χ0) is 9.61. The van der Waals surface area contributed by atoms with Crippen LogP contribution in [0, 0.1) is 5.92 Å². The summed E-state index contributed by atoms with van der Waals surface area (Å²) < 4.78 is 0. The number of hydrogen-bond donors (Lipinski definition) is 1. The fourth-order valence-electron chi connectivity index (χ4n) is 1.55. The molecule has 0 saturated carbocycles. The van der Waals surface area contributed by atoms with Crippen LogP contribution in [0.2, 0.25) is 0 Å². The van der Waals surface area contributed by atoms with E-state index in [1.54, 1.807) is 0 Å². The van der Waals surface area contributed by atoms with E-state index in [0.717, 1.165) is 31.6 Å². The minimum absolute atomic E-state index is 0.413. The normalized spacial score (nSPS) is 16.5. The molecule has 0 aromatic rings. The lowest BCUT2D eigenvalue weighted by molar-refractivity contribution is 0.0379. The lowest BCUT2D eigenvalue weighted by Crippen LogP contribution is -2.23. The van der Waals surface area contributed by atoms with Crippen LogP contribution in [-0.4, -0.2) is 10.7 Å². The van der Waals surface area contributed by atoms with E-state index in [0.29, 0.717) is 0 Å². The predicted molar refractivity (Wildman–Crippen MR) is 54.2 cm³/mol. The minimum atomic E-state index is -0.413. The van der Waals surface area contributed by atoms with Crippen molar-refractivity contribution in [2.75, 3.05) is 0 Å². The summed E-state index contributed by atoms with van der Waals surface area (Å²) in [4.78, 5) is 0. The van der Waals surface area contributed by atoms with E-state index in [-0.39, 0.29) is 0 Å². The SMILES string of the molecule is CCCC(C)(O)CCCC(C)C. The van der Waals surface area contributed by atoms with Gasteiger partial charge in [0.05, 0.1) is 5.60 Å². The van der Waals surface area contributed by atoms with Crippen molar-refractivity contribution >= 4 is 0 Å². The fourth-order valence-corrected chi connectivity index (χ4v) is 1.55. The summed E-state index contributed by atoms with van der Waals surface area (Å²) in [6.07, 6.45) is 5.36. The smallest absolute Gasteiger partial charge is 0.0619 e. The molecule has 12 heavy (non-hydrogen) atoms. The van der Waals surface area contributed by atoms with Gasteiger partial charge in [0.2, 0.25) is 0 Å². The topological polar surface area (TPSA) is 20.2 Å². The Balaban J connectivity index is 3.46. The molecule has 0 aromatic carbocycles. The molecule has 0 saturated heterocycles. The molecule has 0 radical (unpaired) electrons. The average molecular weight is 172 g/mol. The second-order valence-electron chi connectivity index (χ2n) is 4.53. The van der Waals surface area contributed by atoms with Crippen molar-refractivity contribution in [3.05, 3.63) is 0 Å². The minimum Gasteiger partial charge on any atom is -0.390 e. The van der Waals surface area contributed by atoms with E-state index >= 15 is 0 Å². The van der Waals surface area contributed by atoms with Crippen LogP contribution in [0.25, 0.3) is 0 Å². The highest BCUT2D eigenvalue weighted by Crippen LogP contribution is 2.20. The predicted octanol–water partition coefficient (Wildman–Crippen LogP) is 3.36. The van der Waals surface area contributed by atoms with Crippen LogP contribution in [0.15, 0.2) is 0 Å². The standard InChI is InChI=1S/C11H24O/c1-5-8-11(4,12)9-6-7-10(2)3/h10,12H,5-9H2,1-4H3. The molecule has 0 bridgehead atoms. The van der Waals surface area contributed by atoms with Gasteiger partial charge in [0, 0.05) is 0 Å². The van der Waals surface area contributed by atoms with E-state index in [9.17, 15) is 5.11 Å².